The standard InChI is InChI=1S/C13H17N3O2/c1-9(2)18-15-13(17)8-16-7-6-10-11(14)4-3-5-12(10)16/h3-7,9H,8,14H2,1-2H3,(H,15,17). The smallest absolute Gasteiger partial charge is 0.263 e. The van der Waals surface area contributed by atoms with Gasteiger partial charge in [-0.2, -0.15) is 0 Å². The third-order valence-electron chi connectivity index (χ3n) is 2.57. The van der Waals surface area contributed by atoms with Crippen molar-refractivity contribution in [3.05, 3.63) is 30.5 Å². The van der Waals surface area contributed by atoms with E-state index in [1.54, 1.807) is 0 Å². The summed E-state index contributed by atoms with van der Waals surface area (Å²) in [5.41, 5.74) is 9.92. The number of carbonyl (C=O) groups is 1. The number of hydroxylamine groups is 1. The zero-order valence-electron chi connectivity index (χ0n) is 10.5. The lowest BCUT2D eigenvalue weighted by Gasteiger charge is -2.09. The number of carbonyl (C=O) groups excluding carboxylic acids is 1. The topological polar surface area (TPSA) is 69.3 Å². The van der Waals surface area contributed by atoms with Crippen molar-refractivity contribution in [3.63, 3.8) is 0 Å². The lowest BCUT2D eigenvalue weighted by Crippen LogP contribution is -2.30. The number of benzene rings is 1. The first-order valence-electron chi connectivity index (χ1n) is 5.85. The number of nitrogens with two attached hydrogens (primary N) is 1. The molecule has 18 heavy (non-hydrogen) atoms. The molecule has 96 valence electrons. The van der Waals surface area contributed by atoms with Crippen molar-refractivity contribution in [2.75, 3.05) is 5.73 Å². The number of hydrogen-bond acceptors (Lipinski definition) is 3. The Labute approximate surface area is 105 Å². The van der Waals surface area contributed by atoms with Crippen molar-refractivity contribution in [2.45, 2.75) is 26.5 Å². The molecule has 0 saturated heterocycles. The molecule has 0 fully saturated rings. The highest BCUT2D eigenvalue weighted by Gasteiger charge is 2.08. The molecule has 0 aliphatic heterocycles. The fourth-order valence-electron chi connectivity index (χ4n) is 1.76. The maximum Gasteiger partial charge on any atom is 0.263 e. The molecule has 0 unspecified atom stereocenters. The highest BCUT2D eigenvalue weighted by atomic mass is 16.7. The van der Waals surface area contributed by atoms with E-state index in [2.05, 4.69) is 5.48 Å². The molecule has 0 aliphatic carbocycles. The number of nitrogen functional groups attached to an aromatic ring is 1. The second-order valence-corrected chi connectivity index (χ2v) is 4.42. The molecule has 5 heteroatoms. The van der Waals surface area contributed by atoms with Crippen LogP contribution in [-0.2, 0) is 16.2 Å². The first-order chi connectivity index (χ1) is 8.58. The average Bonchev–Trinajstić information content (AvgIpc) is 2.72. The average molecular weight is 247 g/mol. The van der Waals surface area contributed by atoms with Crippen LogP contribution in [0.3, 0.4) is 0 Å². The van der Waals surface area contributed by atoms with Crippen molar-refractivity contribution in [3.8, 4) is 0 Å². The molecule has 2 rings (SSSR count). The summed E-state index contributed by atoms with van der Waals surface area (Å²) in [4.78, 5) is 16.7. The Kier molecular flexibility index (Phi) is 3.53. The van der Waals surface area contributed by atoms with Crippen LogP contribution in [0.1, 0.15) is 13.8 Å². The molecule has 1 aromatic heterocycles. The van der Waals surface area contributed by atoms with Crippen LogP contribution in [0.25, 0.3) is 10.9 Å². The Morgan fingerprint density at radius 1 is 1.44 bits per heavy atom. The van der Waals surface area contributed by atoms with Gasteiger partial charge in [0, 0.05) is 17.3 Å². The minimum absolute atomic E-state index is 0.0361. The molecule has 1 amide bonds. The summed E-state index contributed by atoms with van der Waals surface area (Å²) in [6, 6.07) is 7.55. The van der Waals surface area contributed by atoms with E-state index in [1.807, 2.05) is 48.9 Å². The van der Waals surface area contributed by atoms with Crippen LogP contribution >= 0.6 is 0 Å². The van der Waals surface area contributed by atoms with E-state index in [1.165, 1.54) is 0 Å². The molecule has 0 atom stereocenters. The van der Waals surface area contributed by atoms with E-state index < -0.39 is 0 Å². The number of fused-ring (bicyclic) bond motifs is 1. The third-order valence-corrected chi connectivity index (χ3v) is 2.57. The number of nitrogens with one attached hydrogen (secondary N) is 1. The van der Waals surface area contributed by atoms with E-state index in [9.17, 15) is 4.79 Å². The molecule has 5 nitrogen and oxygen atoms in total. The van der Waals surface area contributed by atoms with Gasteiger partial charge in [-0.25, -0.2) is 5.48 Å². The summed E-state index contributed by atoms with van der Waals surface area (Å²) in [5.74, 6) is -0.191. The largest absolute Gasteiger partial charge is 0.398 e. The monoisotopic (exact) mass is 247 g/mol. The molecule has 0 radical (unpaired) electrons. The summed E-state index contributed by atoms with van der Waals surface area (Å²) < 4.78 is 1.84. The molecule has 2 aromatic rings. The lowest BCUT2D eigenvalue weighted by molar-refractivity contribution is -0.137. The van der Waals surface area contributed by atoms with Crippen LogP contribution in [0, 0.1) is 0 Å². The normalized spacial score (nSPS) is 11.1. The van der Waals surface area contributed by atoms with E-state index in [0.29, 0.717) is 5.69 Å². The summed E-state index contributed by atoms with van der Waals surface area (Å²) >= 11 is 0. The molecule has 0 saturated carbocycles. The van der Waals surface area contributed by atoms with Gasteiger partial charge in [-0.1, -0.05) is 6.07 Å². The van der Waals surface area contributed by atoms with Gasteiger partial charge < -0.3 is 10.3 Å². The Bertz CT molecular complexity index is 560. The van der Waals surface area contributed by atoms with Gasteiger partial charge in [0.2, 0.25) is 0 Å². The molecule has 1 heterocycles. The van der Waals surface area contributed by atoms with E-state index in [-0.39, 0.29) is 18.6 Å². The van der Waals surface area contributed by atoms with Crippen LogP contribution in [0.2, 0.25) is 0 Å². The Balaban J connectivity index is 2.12. The van der Waals surface area contributed by atoms with E-state index in [4.69, 9.17) is 10.6 Å². The first-order valence-corrected chi connectivity index (χ1v) is 5.85. The predicted octanol–water partition coefficient (Wildman–Crippen LogP) is 1.68. The predicted molar refractivity (Wildman–Crippen MR) is 70.7 cm³/mol. The van der Waals surface area contributed by atoms with Gasteiger partial charge >= 0.3 is 0 Å². The summed E-state index contributed by atoms with van der Waals surface area (Å²) in [6.07, 6.45) is 1.81. The second-order valence-electron chi connectivity index (χ2n) is 4.42. The van der Waals surface area contributed by atoms with Gasteiger partial charge in [0.1, 0.15) is 6.54 Å². The van der Waals surface area contributed by atoms with Crippen LogP contribution in [0.4, 0.5) is 5.69 Å². The Hall–Kier alpha value is -2.01. The molecule has 1 aromatic carbocycles. The van der Waals surface area contributed by atoms with E-state index in [0.717, 1.165) is 10.9 Å². The molecule has 0 bridgehead atoms. The van der Waals surface area contributed by atoms with Gasteiger partial charge in [-0.05, 0) is 32.0 Å². The van der Waals surface area contributed by atoms with Crippen LogP contribution in [0.5, 0.6) is 0 Å². The van der Waals surface area contributed by atoms with Gasteiger partial charge in [0.05, 0.1) is 11.6 Å². The Morgan fingerprint density at radius 3 is 2.94 bits per heavy atom. The van der Waals surface area contributed by atoms with Crippen LogP contribution in [0.15, 0.2) is 30.5 Å². The Morgan fingerprint density at radius 2 is 2.22 bits per heavy atom. The number of rotatable bonds is 4. The van der Waals surface area contributed by atoms with E-state index >= 15 is 0 Å². The fourth-order valence-corrected chi connectivity index (χ4v) is 1.76. The lowest BCUT2D eigenvalue weighted by atomic mass is 10.2. The summed E-state index contributed by atoms with van der Waals surface area (Å²) in [6.45, 7) is 3.91. The quantitative estimate of drug-likeness (QED) is 0.638. The van der Waals surface area contributed by atoms with Crippen LogP contribution in [-0.4, -0.2) is 16.6 Å². The maximum atomic E-state index is 11.7. The van der Waals surface area contributed by atoms with Gasteiger partial charge in [-0.15, -0.1) is 0 Å². The number of nitrogens with zero attached hydrogens (tertiary/aromatic N) is 1. The second kappa shape index (κ2) is 5.10. The molecule has 0 aliphatic rings. The number of anilines is 1. The fraction of sp³-hybridized carbons (Fsp3) is 0.308. The van der Waals surface area contributed by atoms with Gasteiger partial charge in [0.15, 0.2) is 0 Å². The first kappa shape index (κ1) is 12.4. The van der Waals surface area contributed by atoms with Crippen molar-refractivity contribution < 1.29 is 9.63 Å². The van der Waals surface area contributed by atoms with Crippen molar-refractivity contribution in [1.82, 2.24) is 10.0 Å². The van der Waals surface area contributed by atoms with Crippen molar-refractivity contribution in [2.24, 2.45) is 0 Å². The molecule has 0 spiro atoms. The minimum atomic E-state index is -0.191. The molecular weight excluding hydrogens is 230 g/mol. The highest BCUT2D eigenvalue weighted by molar-refractivity contribution is 5.92. The number of aromatic nitrogens is 1. The van der Waals surface area contributed by atoms with Gasteiger partial charge in [0.25, 0.3) is 5.91 Å². The third kappa shape index (κ3) is 2.62. The zero-order chi connectivity index (χ0) is 13.1. The van der Waals surface area contributed by atoms with Crippen LogP contribution < -0.4 is 11.2 Å². The summed E-state index contributed by atoms with van der Waals surface area (Å²) in [5, 5.41) is 0.954. The SMILES string of the molecule is CC(C)ONC(=O)Cn1ccc2c(N)cccc21. The van der Waals surface area contributed by atoms with Crippen molar-refractivity contribution in [1.29, 1.82) is 0 Å². The maximum absolute atomic E-state index is 11.7. The number of hydrogen-bond donors (Lipinski definition) is 2. The highest BCUT2D eigenvalue weighted by Crippen LogP contribution is 2.21. The molecule has 3 N–H and O–H groups in total. The minimum Gasteiger partial charge on any atom is -0.398 e. The molecular formula is C13H17N3O2. The number of amides is 1. The van der Waals surface area contributed by atoms with Gasteiger partial charge in [-0.3, -0.25) is 9.63 Å². The van der Waals surface area contributed by atoms with Crippen molar-refractivity contribution >= 4 is 22.5 Å². The summed E-state index contributed by atoms with van der Waals surface area (Å²) in [7, 11) is 0. The zero-order valence-corrected chi connectivity index (χ0v) is 10.5.